The quantitative estimate of drug-likeness (QED) is 0.767. The van der Waals surface area contributed by atoms with Gasteiger partial charge in [-0.1, -0.05) is 35.9 Å². The Morgan fingerprint density at radius 3 is 2.62 bits per heavy atom. The highest BCUT2D eigenvalue weighted by atomic mass is 35.5. The molecule has 1 fully saturated rings. The molecule has 1 aromatic heterocycles. The van der Waals surface area contributed by atoms with E-state index in [4.69, 9.17) is 22.1 Å². The first-order chi connectivity index (χ1) is 11.7. The summed E-state index contributed by atoms with van der Waals surface area (Å²) in [4.78, 5) is 6.80. The number of hydrogen-bond donors (Lipinski definition) is 1. The molecule has 0 radical (unpaired) electrons. The summed E-state index contributed by atoms with van der Waals surface area (Å²) in [6, 6.07) is 16.1. The summed E-state index contributed by atoms with van der Waals surface area (Å²) in [6.45, 7) is 3.11. The van der Waals surface area contributed by atoms with Crippen LogP contribution in [0.15, 0.2) is 48.5 Å². The summed E-state index contributed by atoms with van der Waals surface area (Å²) in [5, 5.41) is 1.80. The summed E-state index contributed by atoms with van der Waals surface area (Å²) in [5.74, 6) is 0.565. The largest absolute Gasteiger partial charge is 0.382 e. The molecular formula is C19H18ClN3O. The van der Waals surface area contributed by atoms with Gasteiger partial charge in [-0.2, -0.15) is 0 Å². The van der Waals surface area contributed by atoms with Gasteiger partial charge in [0.25, 0.3) is 0 Å². The van der Waals surface area contributed by atoms with E-state index in [1.165, 1.54) is 0 Å². The minimum atomic E-state index is 0.565. The Morgan fingerprint density at radius 2 is 1.83 bits per heavy atom. The second-order valence-electron chi connectivity index (χ2n) is 5.88. The van der Waals surface area contributed by atoms with Crippen LogP contribution in [0.25, 0.3) is 22.0 Å². The first-order valence-corrected chi connectivity index (χ1v) is 8.38. The van der Waals surface area contributed by atoms with Crippen molar-refractivity contribution in [1.82, 2.24) is 4.98 Å². The van der Waals surface area contributed by atoms with E-state index in [0.29, 0.717) is 5.82 Å². The maximum Gasteiger partial charge on any atom is 0.147 e. The Morgan fingerprint density at radius 1 is 1.04 bits per heavy atom. The monoisotopic (exact) mass is 339 g/mol. The van der Waals surface area contributed by atoms with Crippen LogP contribution in [0.1, 0.15) is 0 Å². The highest BCUT2D eigenvalue weighted by Crippen LogP contribution is 2.32. The van der Waals surface area contributed by atoms with E-state index in [2.05, 4.69) is 22.0 Å². The molecule has 24 heavy (non-hydrogen) atoms. The standard InChI is InChI=1S/C19H18ClN3O/c20-16-4-2-1-3-15(16)13-5-6-17-14(11-13)12-18(19(21)22-17)23-7-9-24-10-8-23/h1-6,11-12H,7-10H2,(H2,21,22). The van der Waals surface area contributed by atoms with Gasteiger partial charge in [-0.15, -0.1) is 0 Å². The van der Waals surface area contributed by atoms with Crippen molar-refractivity contribution in [2.75, 3.05) is 36.9 Å². The maximum absolute atomic E-state index is 6.33. The molecule has 122 valence electrons. The predicted octanol–water partition coefficient (Wildman–Crippen LogP) is 3.97. The van der Waals surface area contributed by atoms with Gasteiger partial charge in [0.2, 0.25) is 0 Å². The summed E-state index contributed by atoms with van der Waals surface area (Å²) >= 11 is 6.33. The highest BCUT2D eigenvalue weighted by molar-refractivity contribution is 6.33. The van der Waals surface area contributed by atoms with Crippen molar-refractivity contribution >= 4 is 34.0 Å². The van der Waals surface area contributed by atoms with E-state index in [0.717, 1.165) is 59.0 Å². The van der Waals surface area contributed by atoms with E-state index in [-0.39, 0.29) is 0 Å². The van der Waals surface area contributed by atoms with Crippen LogP contribution in [0.3, 0.4) is 0 Å². The predicted molar refractivity (Wildman–Crippen MR) is 99.6 cm³/mol. The van der Waals surface area contributed by atoms with Gasteiger partial charge in [0, 0.05) is 29.1 Å². The third kappa shape index (κ3) is 2.79. The molecule has 2 heterocycles. The van der Waals surface area contributed by atoms with Gasteiger partial charge in [0.05, 0.1) is 24.4 Å². The van der Waals surface area contributed by atoms with Crippen LogP contribution < -0.4 is 10.6 Å². The van der Waals surface area contributed by atoms with Gasteiger partial charge >= 0.3 is 0 Å². The van der Waals surface area contributed by atoms with Crippen LogP contribution in [0.5, 0.6) is 0 Å². The van der Waals surface area contributed by atoms with Gasteiger partial charge in [-0.05, 0) is 29.8 Å². The number of hydrogen-bond acceptors (Lipinski definition) is 4. The zero-order valence-corrected chi connectivity index (χ0v) is 14.0. The summed E-state index contributed by atoms with van der Waals surface area (Å²) < 4.78 is 5.42. The Labute approximate surface area is 145 Å². The minimum Gasteiger partial charge on any atom is -0.382 e. The third-order valence-corrected chi connectivity index (χ3v) is 4.69. The average Bonchev–Trinajstić information content (AvgIpc) is 2.62. The number of aromatic nitrogens is 1. The molecule has 5 heteroatoms. The number of halogens is 1. The fraction of sp³-hybridized carbons (Fsp3) is 0.211. The number of nitrogens with two attached hydrogens (primary N) is 1. The van der Waals surface area contributed by atoms with Crippen LogP contribution in [0.4, 0.5) is 11.5 Å². The fourth-order valence-corrected chi connectivity index (χ4v) is 3.35. The average molecular weight is 340 g/mol. The van der Waals surface area contributed by atoms with Crippen molar-refractivity contribution in [2.45, 2.75) is 0 Å². The number of nitrogens with zero attached hydrogens (tertiary/aromatic N) is 2. The topological polar surface area (TPSA) is 51.4 Å². The van der Waals surface area contributed by atoms with Crippen molar-refractivity contribution in [2.24, 2.45) is 0 Å². The molecule has 0 spiro atoms. The van der Waals surface area contributed by atoms with Crippen LogP contribution in [0.2, 0.25) is 5.02 Å². The molecule has 4 nitrogen and oxygen atoms in total. The van der Waals surface area contributed by atoms with Crippen LogP contribution >= 0.6 is 11.6 Å². The zero-order chi connectivity index (χ0) is 16.5. The maximum atomic E-state index is 6.33. The van der Waals surface area contributed by atoms with Crippen molar-refractivity contribution in [3.63, 3.8) is 0 Å². The molecule has 0 unspecified atom stereocenters. The molecule has 1 aliphatic rings. The molecule has 0 amide bonds. The first-order valence-electron chi connectivity index (χ1n) is 8.00. The number of nitrogen functional groups attached to an aromatic ring is 1. The summed E-state index contributed by atoms with van der Waals surface area (Å²) in [5.41, 5.74) is 10.1. The molecule has 1 saturated heterocycles. The number of benzene rings is 2. The van der Waals surface area contributed by atoms with Crippen molar-refractivity contribution < 1.29 is 4.74 Å². The lowest BCUT2D eigenvalue weighted by atomic mass is 10.0. The van der Waals surface area contributed by atoms with E-state index in [9.17, 15) is 0 Å². The molecule has 0 bridgehead atoms. The van der Waals surface area contributed by atoms with Crippen LogP contribution in [0, 0.1) is 0 Å². The molecule has 4 rings (SSSR count). The van der Waals surface area contributed by atoms with Crippen molar-refractivity contribution in [3.8, 4) is 11.1 Å². The van der Waals surface area contributed by atoms with Crippen molar-refractivity contribution in [3.05, 3.63) is 53.6 Å². The minimum absolute atomic E-state index is 0.565. The van der Waals surface area contributed by atoms with Gasteiger partial charge < -0.3 is 15.4 Å². The number of ether oxygens (including phenoxy) is 1. The lowest BCUT2D eigenvalue weighted by molar-refractivity contribution is 0.123. The molecule has 2 aromatic carbocycles. The number of rotatable bonds is 2. The second kappa shape index (κ2) is 6.30. The van der Waals surface area contributed by atoms with Gasteiger partial charge in [-0.25, -0.2) is 4.98 Å². The molecule has 0 saturated carbocycles. The Kier molecular flexibility index (Phi) is 4.00. The highest BCUT2D eigenvalue weighted by Gasteiger charge is 2.16. The van der Waals surface area contributed by atoms with Gasteiger partial charge in [0.1, 0.15) is 5.82 Å². The van der Waals surface area contributed by atoms with Crippen molar-refractivity contribution in [1.29, 1.82) is 0 Å². The Hall–Kier alpha value is -2.30. The van der Waals surface area contributed by atoms with Gasteiger partial charge in [-0.3, -0.25) is 0 Å². The molecule has 2 N–H and O–H groups in total. The van der Waals surface area contributed by atoms with E-state index >= 15 is 0 Å². The van der Waals surface area contributed by atoms with E-state index < -0.39 is 0 Å². The van der Waals surface area contributed by atoms with E-state index in [1.54, 1.807) is 0 Å². The summed E-state index contributed by atoms with van der Waals surface area (Å²) in [7, 11) is 0. The first kappa shape index (κ1) is 15.2. The number of anilines is 2. The molecule has 3 aromatic rings. The number of pyridine rings is 1. The SMILES string of the molecule is Nc1nc2ccc(-c3ccccc3Cl)cc2cc1N1CCOCC1. The normalized spacial score (nSPS) is 15.0. The Bertz CT molecular complexity index is 891. The lowest BCUT2D eigenvalue weighted by Crippen LogP contribution is -2.36. The zero-order valence-electron chi connectivity index (χ0n) is 13.2. The lowest BCUT2D eigenvalue weighted by Gasteiger charge is -2.29. The molecular weight excluding hydrogens is 322 g/mol. The van der Waals surface area contributed by atoms with Crippen LogP contribution in [-0.2, 0) is 4.74 Å². The molecule has 0 aliphatic carbocycles. The fourth-order valence-electron chi connectivity index (χ4n) is 3.10. The van der Waals surface area contributed by atoms with Crippen LogP contribution in [-0.4, -0.2) is 31.3 Å². The van der Waals surface area contributed by atoms with E-state index in [1.807, 2.05) is 36.4 Å². The number of fused-ring (bicyclic) bond motifs is 1. The number of morpholine rings is 1. The second-order valence-corrected chi connectivity index (χ2v) is 6.29. The van der Waals surface area contributed by atoms with Gasteiger partial charge in [0.15, 0.2) is 0 Å². The molecule has 1 aliphatic heterocycles. The summed E-state index contributed by atoms with van der Waals surface area (Å²) in [6.07, 6.45) is 0. The Balaban J connectivity index is 1.81. The molecule has 0 atom stereocenters. The smallest absolute Gasteiger partial charge is 0.147 e. The third-order valence-electron chi connectivity index (χ3n) is 4.36.